The summed E-state index contributed by atoms with van der Waals surface area (Å²) >= 11 is 0. The van der Waals surface area contributed by atoms with Crippen LogP contribution in [0.5, 0.6) is 0 Å². The van der Waals surface area contributed by atoms with Crippen molar-refractivity contribution in [2.45, 2.75) is 44.0 Å². The second kappa shape index (κ2) is 8.34. The third-order valence-corrected chi connectivity index (χ3v) is 8.32. The van der Waals surface area contributed by atoms with Crippen molar-refractivity contribution in [2.75, 3.05) is 38.5 Å². The van der Waals surface area contributed by atoms with Gasteiger partial charge in [0.1, 0.15) is 5.69 Å². The van der Waals surface area contributed by atoms with E-state index in [0.29, 0.717) is 30.6 Å². The van der Waals surface area contributed by atoms with Crippen molar-refractivity contribution in [1.82, 2.24) is 4.31 Å². The molecule has 1 saturated carbocycles. The maximum Gasteiger partial charge on any atom is 0.293 e. The zero-order chi connectivity index (χ0) is 20.5. The van der Waals surface area contributed by atoms with E-state index in [9.17, 15) is 18.5 Å². The Hall–Kier alpha value is -1.71. The Labute approximate surface area is 167 Å². The van der Waals surface area contributed by atoms with Gasteiger partial charge in [-0.15, -0.1) is 0 Å². The van der Waals surface area contributed by atoms with E-state index in [2.05, 4.69) is 19.2 Å². The van der Waals surface area contributed by atoms with Crippen molar-refractivity contribution >= 4 is 21.4 Å². The average Bonchev–Trinajstić information content (AvgIpc) is 2.66. The van der Waals surface area contributed by atoms with Crippen LogP contribution in [0, 0.1) is 22.0 Å². The van der Waals surface area contributed by atoms with Gasteiger partial charge < -0.3 is 10.2 Å². The Morgan fingerprint density at radius 1 is 1.21 bits per heavy atom. The Bertz CT molecular complexity index is 821. The Morgan fingerprint density at radius 3 is 2.54 bits per heavy atom. The number of hydrogen-bond acceptors (Lipinski definition) is 5. The molecule has 1 heterocycles. The lowest BCUT2D eigenvalue weighted by molar-refractivity contribution is -0.883. The molecule has 3 atom stereocenters. The molecule has 0 bridgehead atoms. The summed E-state index contributed by atoms with van der Waals surface area (Å²) < 4.78 is 27.3. The van der Waals surface area contributed by atoms with Crippen LogP contribution in [0.3, 0.4) is 0 Å². The van der Waals surface area contributed by atoms with E-state index in [1.165, 1.54) is 27.8 Å². The Morgan fingerprint density at radius 2 is 1.89 bits per heavy atom. The molecule has 1 aromatic rings. The monoisotopic (exact) mass is 411 g/mol. The molecular weight excluding hydrogens is 380 g/mol. The largest absolute Gasteiger partial charge is 0.376 e. The first-order valence-corrected chi connectivity index (χ1v) is 11.5. The van der Waals surface area contributed by atoms with Gasteiger partial charge in [0.2, 0.25) is 10.0 Å². The zero-order valence-corrected chi connectivity index (χ0v) is 17.7. The minimum Gasteiger partial charge on any atom is -0.376 e. The molecule has 3 rings (SSSR count). The summed E-state index contributed by atoms with van der Waals surface area (Å²) in [4.78, 5) is 12.4. The van der Waals surface area contributed by atoms with Crippen LogP contribution < -0.4 is 10.2 Å². The quantitative estimate of drug-likeness (QED) is 0.563. The molecule has 28 heavy (non-hydrogen) atoms. The van der Waals surface area contributed by atoms with Gasteiger partial charge in [-0.3, -0.25) is 10.1 Å². The SMILES string of the molecule is C[C@@H]1[C@@H](C)CCC[C@H]1Nc1ccc(S(=O)(=O)N2CC[NH+](C)CC2)cc1[N+](=O)[O-]. The van der Waals surface area contributed by atoms with Crippen LogP contribution in [0.15, 0.2) is 23.1 Å². The number of hydrogen-bond donors (Lipinski definition) is 2. The fourth-order valence-electron chi connectivity index (χ4n) is 4.19. The van der Waals surface area contributed by atoms with E-state index in [-0.39, 0.29) is 16.6 Å². The highest BCUT2D eigenvalue weighted by Gasteiger charge is 2.32. The number of quaternary nitrogens is 1. The van der Waals surface area contributed by atoms with E-state index in [0.717, 1.165) is 25.9 Å². The number of nitro benzene ring substituents is 1. The van der Waals surface area contributed by atoms with Crippen LogP contribution in [0.25, 0.3) is 0 Å². The van der Waals surface area contributed by atoms with E-state index in [1.807, 2.05) is 7.05 Å². The number of benzene rings is 1. The van der Waals surface area contributed by atoms with E-state index >= 15 is 0 Å². The molecule has 0 spiro atoms. The van der Waals surface area contributed by atoms with Crippen molar-refractivity contribution in [2.24, 2.45) is 11.8 Å². The normalized spacial score (nSPS) is 27.5. The van der Waals surface area contributed by atoms with Gasteiger partial charge >= 0.3 is 0 Å². The van der Waals surface area contributed by atoms with Crippen LogP contribution in [-0.4, -0.2) is 56.9 Å². The smallest absolute Gasteiger partial charge is 0.293 e. The topological polar surface area (TPSA) is 97.0 Å². The lowest BCUT2D eigenvalue weighted by atomic mass is 9.78. The summed E-state index contributed by atoms with van der Waals surface area (Å²) in [7, 11) is -1.69. The molecule has 1 saturated heterocycles. The van der Waals surface area contributed by atoms with Gasteiger partial charge in [0.25, 0.3) is 5.69 Å². The van der Waals surface area contributed by atoms with E-state index in [4.69, 9.17) is 0 Å². The molecule has 2 N–H and O–H groups in total. The number of piperazine rings is 1. The third kappa shape index (κ3) is 4.31. The molecule has 156 valence electrons. The molecule has 9 heteroatoms. The van der Waals surface area contributed by atoms with Crippen LogP contribution >= 0.6 is 0 Å². The molecular formula is C19H31N4O4S+. The van der Waals surface area contributed by atoms with E-state index in [1.54, 1.807) is 6.07 Å². The molecule has 0 amide bonds. The van der Waals surface area contributed by atoms with Crippen LogP contribution in [0.2, 0.25) is 0 Å². The van der Waals surface area contributed by atoms with Crippen LogP contribution in [-0.2, 0) is 10.0 Å². The molecule has 2 fully saturated rings. The summed E-state index contributed by atoms with van der Waals surface area (Å²) in [6.45, 7) is 6.71. The highest BCUT2D eigenvalue weighted by molar-refractivity contribution is 7.89. The van der Waals surface area contributed by atoms with Crippen molar-refractivity contribution in [3.05, 3.63) is 28.3 Å². The lowest BCUT2D eigenvalue weighted by Crippen LogP contribution is -3.12. The molecule has 0 aromatic heterocycles. The van der Waals surface area contributed by atoms with Gasteiger partial charge in [-0.2, -0.15) is 4.31 Å². The van der Waals surface area contributed by atoms with Gasteiger partial charge in [0.15, 0.2) is 0 Å². The summed E-state index contributed by atoms with van der Waals surface area (Å²) in [6.07, 6.45) is 3.23. The van der Waals surface area contributed by atoms with Crippen molar-refractivity contribution in [1.29, 1.82) is 0 Å². The lowest BCUT2D eigenvalue weighted by Gasteiger charge is -2.35. The molecule has 1 aliphatic heterocycles. The number of anilines is 1. The summed E-state index contributed by atoms with van der Waals surface area (Å²) in [5.74, 6) is 0.967. The maximum absolute atomic E-state index is 12.9. The molecule has 0 unspecified atom stereocenters. The first-order chi connectivity index (χ1) is 13.2. The number of sulfonamides is 1. The molecule has 2 aliphatic rings. The zero-order valence-electron chi connectivity index (χ0n) is 16.8. The third-order valence-electron chi connectivity index (χ3n) is 6.43. The maximum atomic E-state index is 12.9. The summed E-state index contributed by atoms with van der Waals surface area (Å²) in [5, 5.41) is 15.0. The summed E-state index contributed by atoms with van der Waals surface area (Å²) in [5.41, 5.74) is 0.226. The van der Waals surface area contributed by atoms with Gasteiger partial charge in [0.05, 0.1) is 43.0 Å². The van der Waals surface area contributed by atoms with E-state index < -0.39 is 14.9 Å². The summed E-state index contributed by atoms with van der Waals surface area (Å²) in [6, 6.07) is 4.41. The average molecular weight is 412 g/mol. The molecule has 8 nitrogen and oxygen atoms in total. The van der Waals surface area contributed by atoms with Crippen molar-refractivity contribution in [3.8, 4) is 0 Å². The van der Waals surface area contributed by atoms with Crippen molar-refractivity contribution < 1.29 is 18.2 Å². The first-order valence-electron chi connectivity index (χ1n) is 10.1. The van der Waals surface area contributed by atoms with Gasteiger partial charge in [-0.1, -0.05) is 26.7 Å². The number of rotatable bonds is 5. The van der Waals surface area contributed by atoms with Crippen molar-refractivity contribution in [3.63, 3.8) is 0 Å². The number of nitrogens with zero attached hydrogens (tertiary/aromatic N) is 2. The van der Waals surface area contributed by atoms with Crippen LogP contribution in [0.1, 0.15) is 33.1 Å². The molecule has 1 aliphatic carbocycles. The second-order valence-corrected chi connectivity index (χ2v) is 10.3. The Kier molecular flexibility index (Phi) is 6.26. The fraction of sp³-hybridized carbons (Fsp3) is 0.684. The molecule has 0 radical (unpaired) electrons. The fourth-order valence-corrected chi connectivity index (χ4v) is 5.65. The highest BCUT2D eigenvalue weighted by atomic mass is 32.2. The van der Waals surface area contributed by atoms with Gasteiger partial charge in [-0.25, -0.2) is 8.42 Å². The molecule has 1 aromatic carbocycles. The minimum absolute atomic E-state index is 0.00522. The van der Waals surface area contributed by atoms with Crippen LogP contribution in [0.4, 0.5) is 11.4 Å². The number of nitro groups is 1. The number of likely N-dealkylation sites (N-methyl/N-ethyl adjacent to an activating group) is 1. The predicted octanol–water partition coefficient (Wildman–Crippen LogP) is 1.35. The number of nitrogens with one attached hydrogen (secondary N) is 2. The van der Waals surface area contributed by atoms with Gasteiger partial charge in [0, 0.05) is 12.1 Å². The standard InChI is InChI=1S/C19H30N4O4S/c1-14-5-4-6-17(15(14)2)20-18-8-7-16(13-19(18)23(24)25)28(26,27)22-11-9-21(3)10-12-22/h7-8,13-15,17,20H,4-6,9-12H2,1-3H3/p+1/t14-,15+,17+/m0/s1. The van der Waals surface area contributed by atoms with Gasteiger partial charge in [-0.05, 0) is 30.4 Å². The predicted molar refractivity (Wildman–Crippen MR) is 108 cm³/mol. The highest BCUT2D eigenvalue weighted by Crippen LogP contribution is 2.35. The first kappa shape index (κ1) is 21.0. The minimum atomic E-state index is -3.72. The second-order valence-electron chi connectivity index (χ2n) is 8.32. The Balaban J connectivity index is 1.86.